The van der Waals surface area contributed by atoms with Crippen molar-refractivity contribution in [3.05, 3.63) is 23.8 Å². The molecule has 106 valence electrons. The third-order valence-electron chi connectivity index (χ3n) is 3.18. The van der Waals surface area contributed by atoms with Gasteiger partial charge in [-0.1, -0.05) is 0 Å². The lowest BCUT2D eigenvalue weighted by Gasteiger charge is -2.34. The molecule has 0 N–H and O–H groups in total. The Labute approximate surface area is 112 Å². The van der Waals surface area contributed by atoms with E-state index in [4.69, 9.17) is 4.74 Å². The molecule has 0 unspecified atom stereocenters. The van der Waals surface area contributed by atoms with Gasteiger partial charge in [-0.05, 0) is 20.9 Å². The second-order valence-corrected chi connectivity index (χ2v) is 5.19. The summed E-state index contributed by atoms with van der Waals surface area (Å²) in [6.45, 7) is 6.53. The van der Waals surface area contributed by atoms with Crippen LogP contribution in [0.2, 0.25) is 0 Å². The van der Waals surface area contributed by atoms with Gasteiger partial charge in [0.1, 0.15) is 11.4 Å². The number of rotatable bonds is 3. The van der Waals surface area contributed by atoms with Crippen LogP contribution >= 0.6 is 0 Å². The van der Waals surface area contributed by atoms with E-state index in [9.17, 15) is 8.78 Å². The van der Waals surface area contributed by atoms with Gasteiger partial charge in [0.05, 0.1) is 6.10 Å². The van der Waals surface area contributed by atoms with Crippen LogP contribution in [0.1, 0.15) is 13.8 Å². The summed E-state index contributed by atoms with van der Waals surface area (Å²) < 4.78 is 33.5. The quantitative estimate of drug-likeness (QED) is 0.839. The summed E-state index contributed by atoms with van der Waals surface area (Å²) >= 11 is 0. The van der Waals surface area contributed by atoms with Crippen molar-refractivity contribution in [1.82, 2.24) is 4.90 Å². The number of nitrogens with zero attached hydrogens (tertiary/aromatic N) is 2. The Kier molecular flexibility index (Phi) is 4.24. The molecule has 0 atom stereocenters. The van der Waals surface area contributed by atoms with Crippen LogP contribution < -0.4 is 9.64 Å². The van der Waals surface area contributed by atoms with Gasteiger partial charge in [-0.2, -0.15) is 0 Å². The van der Waals surface area contributed by atoms with E-state index in [2.05, 4.69) is 4.90 Å². The van der Waals surface area contributed by atoms with Crippen molar-refractivity contribution in [2.75, 3.05) is 38.1 Å². The molecule has 0 radical (unpaired) electrons. The van der Waals surface area contributed by atoms with Crippen molar-refractivity contribution in [2.24, 2.45) is 0 Å². The number of anilines is 1. The molecule has 0 spiro atoms. The van der Waals surface area contributed by atoms with Crippen LogP contribution in [0.5, 0.6) is 5.75 Å². The number of ether oxygens (including phenoxy) is 1. The first-order valence-corrected chi connectivity index (χ1v) is 6.56. The first kappa shape index (κ1) is 14.1. The van der Waals surface area contributed by atoms with E-state index in [1.807, 2.05) is 20.9 Å². The van der Waals surface area contributed by atoms with Crippen LogP contribution in [0.25, 0.3) is 0 Å². The fraction of sp³-hybridized carbons (Fsp3) is 0.571. The molecule has 1 aliphatic rings. The first-order chi connectivity index (χ1) is 8.97. The Morgan fingerprint density at radius 1 is 1.05 bits per heavy atom. The zero-order valence-corrected chi connectivity index (χ0v) is 11.6. The van der Waals surface area contributed by atoms with Gasteiger partial charge in [-0.15, -0.1) is 0 Å². The molecule has 1 fully saturated rings. The fourth-order valence-electron chi connectivity index (χ4n) is 2.21. The lowest BCUT2D eigenvalue weighted by atomic mass is 10.2. The predicted molar refractivity (Wildman–Crippen MR) is 71.8 cm³/mol. The third-order valence-corrected chi connectivity index (χ3v) is 3.18. The zero-order valence-electron chi connectivity index (χ0n) is 11.6. The number of likely N-dealkylation sites (N-methyl/N-ethyl adjacent to an activating group) is 1. The average Bonchev–Trinajstić information content (AvgIpc) is 2.29. The van der Waals surface area contributed by atoms with Crippen molar-refractivity contribution in [1.29, 1.82) is 0 Å². The van der Waals surface area contributed by atoms with Crippen molar-refractivity contribution in [3.63, 3.8) is 0 Å². The molecule has 19 heavy (non-hydrogen) atoms. The predicted octanol–water partition coefficient (Wildman–Crippen LogP) is 2.50. The van der Waals surface area contributed by atoms with Crippen LogP contribution in [-0.2, 0) is 0 Å². The summed E-state index contributed by atoms with van der Waals surface area (Å²) in [6.07, 6.45) is -0.103. The number of piperazine rings is 1. The maximum Gasteiger partial charge on any atom is 0.153 e. The molecule has 0 saturated carbocycles. The minimum atomic E-state index is -0.555. The van der Waals surface area contributed by atoms with Crippen LogP contribution in [0.4, 0.5) is 14.5 Å². The van der Waals surface area contributed by atoms with Crippen molar-refractivity contribution >= 4 is 5.69 Å². The molecule has 1 heterocycles. The van der Waals surface area contributed by atoms with E-state index in [0.717, 1.165) is 13.1 Å². The lowest BCUT2D eigenvalue weighted by Crippen LogP contribution is -2.45. The standard InChI is InChI=1S/C14H20F2N2O/c1-10(2)19-11-8-12(15)14(13(16)9-11)18-6-4-17(3)5-7-18/h8-10H,4-7H2,1-3H3. The van der Waals surface area contributed by atoms with Gasteiger partial charge in [-0.25, -0.2) is 8.78 Å². The Bertz CT molecular complexity index is 420. The molecule has 3 nitrogen and oxygen atoms in total. The zero-order chi connectivity index (χ0) is 14.0. The highest BCUT2D eigenvalue weighted by molar-refractivity contribution is 5.52. The van der Waals surface area contributed by atoms with Crippen LogP contribution in [0, 0.1) is 11.6 Å². The summed E-state index contributed by atoms with van der Waals surface area (Å²) in [5.74, 6) is -0.872. The molecule has 0 amide bonds. The molecule has 1 aromatic carbocycles. The average molecular weight is 270 g/mol. The van der Waals surface area contributed by atoms with E-state index in [0.29, 0.717) is 13.1 Å². The lowest BCUT2D eigenvalue weighted by molar-refractivity contribution is 0.240. The van der Waals surface area contributed by atoms with E-state index < -0.39 is 11.6 Å². The van der Waals surface area contributed by atoms with Crippen molar-refractivity contribution < 1.29 is 13.5 Å². The smallest absolute Gasteiger partial charge is 0.153 e. The second-order valence-electron chi connectivity index (χ2n) is 5.19. The third kappa shape index (κ3) is 3.35. The van der Waals surface area contributed by atoms with Gasteiger partial charge in [0, 0.05) is 38.3 Å². The maximum atomic E-state index is 14.1. The summed E-state index contributed by atoms with van der Waals surface area (Å²) in [5, 5.41) is 0. The number of benzene rings is 1. The molecule has 5 heteroatoms. The Morgan fingerprint density at radius 3 is 2.05 bits per heavy atom. The van der Waals surface area contributed by atoms with E-state index >= 15 is 0 Å². The molecule has 1 aliphatic heterocycles. The fourth-order valence-corrected chi connectivity index (χ4v) is 2.21. The van der Waals surface area contributed by atoms with Crippen molar-refractivity contribution in [2.45, 2.75) is 20.0 Å². The van der Waals surface area contributed by atoms with Crippen LogP contribution in [0.15, 0.2) is 12.1 Å². The Hall–Kier alpha value is -1.36. The minimum Gasteiger partial charge on any atom is -0.491 e. The molecule has 0 bridgehead atoms. The van der Waals surface area contributed by atoms with Gasteiger partial charge in [0.25, 0.3) is 0 Å². The monoisotopic (exact) mass is 270 g/mol. The summed E-state index contributed by atoms with van der Waals surface area (Å²) in [6, 6.07) is 2.52. The molecule has 0 aliphatic carbocycles. The molecule has 0 aromatic heterocycles. The van der Waals surface area contributed by atoms with E-state index in [1.165, 1.54) is 12.1 Å². The van der Waals surface area contributed by atoms with Gasteiger partial charge < -0.3 is 14.5 Å². The normalized spacial score (nSPS) is 17.1. The first-order valence-electron chi connectivity index (χ1n) is 6.56. The highest BCUT2D eigenvalue weighted by atomic mass is 19.1. The summed E-state index contributed by atoms with van der Waals surface area (Å²) in [7, 11) is 2.00. The van der Waals surface area contributed by atoms with Gasteiger partial charge in [0.15, 0.2) is 11.6 Å². The second kappa shape index (κ2) is 5.74. The Balaban J connectivity index is 2.21. The number of hydrogen-bond donors (Lipinski definition) is 0. The molecule has 1 aromatic rings. The van der Waals surface area contributed by atoms with Gasteiger partial charge in [0.2, 0.25) is 0 Å². The summed E-state index contributed by atoms with van der Waals surface area (Å²) in [4.78, 5) is 3.90. The minimum absolute atomic E-state index is 0.0595. The Morgan fingerprint density at radius 2 is 1.58 bits per heavy atom. The van der Waals surface area contributed by atoms with E-state index in [1.54, 1.807) is 4.90 Å². The summed E-state index contributed by atoms with van der Waals surface area (Å²) in [5.41, 5.74) is 0.0595. The van der Waals surface area contributed by atoms with Crippen LogP contribution in [0.3, 0.4) is 0 Å². The molecular formula is C14H20F2N2O. The maximum absolute atomic E-state index is 14.1. The molecule has 1 saturated heterocycles. The highest BCUT2D eigenvalue weighted by Gasteiger charge is 2.22. The van der Waals surface area contributed by atoms with Crippen molar-refractivity contribution in [3.8, 4) is 5.75 Å². The molecular weight excluding hydrogens is 250 g/mol. The number of hydrogen-bond acceptors (Lipinski definition) is 3. The van der Waals surface area contributed by atoms with Crippen LogP contribution in [-0.4, -0.2) is 44.2 Å². The SMILES string of the molecule is CC(C)Oc1cc(F)c(N2CCN(C)CC2)c(F)c1. The molecule has 2 rings (SSSR count). The highest BCUT2D eigenvalue weighted by Crippen LogP contribution is 2.29. The largest absolute Gasteiger partial charge is 0.491 e. The topological polar surface area (TPSA) is 15.7 Å². The van der Waals surface area contributed by atoms with E-state index in [-0.39, 0.29) is 17.5 Å². The van der Waals surface area contributed by atoms with Gasteiger partial charge in [-0.3, -0.25) is 0 Å². The number of halogens is 2. The van der Waals surface area contributed by atoms with Gasteiger partial charge >= 0.3 is 0 Å².